The van der Waals surface area contributed by atoms with Gasteiger partial charge in [0, 0.05) is 48.8 Å². The molecule has 0 aromatic heterocycles. The maximum Gasteiger partial charge on any atom is 0.255 e. The third-order valence-electron chi connectivity index (χ3n) is 7.77. The molecule has 0 spiro atoms. The second kappa shape index (κ2) is 9.16. The first kappa shape index (κ1) is 22.5. The molecular weight excluding hydrogens is 434 g/mol. The molecule has 1 aromatic carbocycles. The molecule has 34 heavy (non-hydrogen) atoms. The Morgan fingerprint density at radius 3 is 2.35 bits per heavy atom. The summed E-state index contributed by atoms with van der Waals surface area (Å²) in [6.07, 6.45) is 8.62. The fraction of sp³-hybridized carbons (Fsp3) is 0.500. The molecule has 1 unspecified atom stereocenters. The average molecular weight is 464 g/mol. The summed E-state index contributed by atoms with van der Waals surface area (Å²) in [7, 11) is 0. The Labute approximate surface area is 198 Å². The van der Waals surface area contributed by atoms with Crippen molar-refractivity contribution in [3.8, 4) is 0 Å². The van der Waals surface area contributed by atoms with Gasteiger partial charge in [-0.3, -0.25) is 29.3 Å². The highest BCUT2D eigenvalue weighted by atomic mass is 16.2. The van der Waals surface area contributed by atoms with Crippen LogP contribution in [0.1, 0.15) is 73.7 Å². The number of amides is 3. The van der Waals surface area contributed by atoms with Gasteiger partial charge in [0.25, 0.3) is 5.91 Å². The molecule has 8 nitrogen and oxygen atoms in total. The lowest BCUT2D eigenvalue weighted by molar-refractivity contribution is -0.137. The van der Waals surface area contributed by atoms with E-state index in [2.05, 4.69) is 10.6 Å². The number of anilines is 1. The summed E-state index contributed by atoms with van der Waals surface area (Å²) < 4.78 is 0. The first-order chi connectivity index (χ1) is 16.4. The Morgan fingerprint density at radius 1 is 0.912 bits per heavy atom. The molecule has 2 saturated carbocycles. The summed E-state index contributed by atoms with van der Waals surface area (Å²) in [6.45, 7) is 0.221. The molecule has 3 fully saturated rings. The van der Waals surface area contributed by atoms with Crippen LogP contribution in [-0.4, -0.2) is 40.2 Å². The van der Waals surface area contributed by atoms with E-state index in [-0.39, 0.29) is 47.8 Å². The van der Waals surface area contributed by atoms with Gasteiger partial charge in [0.1, 0.15) is 6.04 Å². The first-order valence-corrected chi connectivity index (χ1v) is 12.2. The molecule has 178 valence electrons. The van der Waals surface area contributed by atoms with Gasteiger partial charge in [-0.2, -0.15) is 0 Å². The highest BCUT2D eigenvalue weighted by Crippen LogP contribution is 2.38. The number of ketones is 2. The molecule has 4 aliphatic rings. The van der Waals surface area contributed by atoms with Gasteiger partial charge in [-0.05, 0) is 30.4 Å². The molecule has 3 amide bonds. The summed E-state index contributed by atoms with van der Waals surface area (Å²) in [4.78, 5) is 63.9. The molecule has 2 aliphatic carbocycles. The van der Waals surface area contributed by atoms with Crippen LogP contribution < -0.4 is 10.6 Å². The van der Waals surface area contributed by atoms with Crippen molar-refractivity contribution in [3.63, 3.8) is 0 Å². The van der Waals surface area contributed by atoms with E-state index in [1.54, 1.807) is 18.2 Å². The fourth-order valence-corrected chi connectivity index (χ4v) is 5.89. The number of rotatable bonds is 4. The highest BCUT2D eigenvalue weighted by Gasteiger charge is 2.40. The van der Waals surface area contributed by atoms with Crippen molar-refractivity contribution < 1.29 is 24.0 Å². The molecule has 1 aromatic rings. The van der Waals surface area contributed by atoms with E-state index in [1.165, 1.54) is 30.4 Å². The van der Waals surface area contributed by atoms with Gasteiger partial charge >= 0.3 is 0 Å². The van der Waals surface area contributed by atoms with Crippen LogP contribution >= 0.6 is 0 Å². The number of allylic oxidation sites excluding steroid dienone is 1. The number of hydrogen-bond donors (Lipinski definition) is 2. The number of hydrogen-bond acceptors (Lipinski definition) is 6. The Bertz CT molecular complexity index is 1080. The molecule has 2 aliphatic heterocycles. The van der Waals surface area contributed by atoms with Gasteiger partial charge in [-0.1, -0.05) is 38.2 Å². The van der Waals surface area contributed by atoms with Crippen molar-refractivity contribution in [1.29, 1.82) is 0 Å². The lowest BCUT2D eigenvalue weighted by Crippen LogP contribution is -2.52. The van der Waals surface area contributed by atoms with E-state index in [4.69, 9.17) is 0 Å². The number of imide groups is 1. The lowest BCUT2D eigenvalue weighted by Gasteiger charge is -2.32. The highest BCUT2D eigenvalue weighted by molar-refractivity contribution is 6.22. The van der Waals surface area contributed by atoms with Crippen molar-refractivity contribution in [1.82, 2.24) is 10.2 Å². The van der Waals surface area contributed by atoms with E-state index in [1.807, 2.05) is 0 Å². The van der Waals surface area contributed by atoms with Gasteiger partial charge in [-0.15, -0.1) is 0 Å². The van der Waals surface area contributed by atoms with E-state index in [0.29, 0.717) is 42.0 Å². The first-order valence-electron chi connectivity index (χ1n) is 12.2. The average Bonchev–Trinajstić information content (AvgIpc) is 3.16. The summed E-state index contributed by atoms with van der Waals surface area (Å²) in [5.74, 6) is -0.662. The van der Waals surface area contributed by atoms with Crippen molar-refractivity contribution in [3.05, 3.63) is 41.1 Å². The predicted octanol–water partition coefficient (Wildman–Crippen LogP) is 2.87. The number of benzene rings is 1. The van der Waals surface area contributed by atoms with Crippen LogP contribution in [-0.2, 0) is 25.7 Å². The molecule has 5 rings (SSSR count). The van der Waals surface area contributed by atoms with Crippen LogP contribution in [0.25, 0.3) is 0 Å². The predicted molar refractivity (Wildman–Crippen MR) is 124 cm³/mol. The minimum atomic E-state index is -0.693. The summed E-state index contributed by atoms with van der Waals surface area (Å²) >= 11 is 0. The number of carbonyl (C=O) groups excluding carboxylic acids is 5. The zero-order chi connectivity index (χ0) is 23.8. The zero-order valence-corrected chi connectivity index (χ0v) is 19.1. The molecule has 2 N–H and O–H groups in total. The second-order valence-electron chi connectivity index (χ2n) is 9.85. The SMILES string of the molecule is O=C1CCC(N2Cc3c(NC=C4C(=O)CC(C5CCCCC5)CC4=O)cccc3C2=O)C(=O)N1. The zero-order valence-electron chi connectivity index (χ0n) is 19.1. The van der Waals surface area contributed by atoms with Crippen LogP contribution in [0.2, 0.25) is 0 Å². The molecule has 0 radical (unpaired) electrons. The van der Waals surface area contributed by atoms with E-state index >= 15 is 0 Å². The van der Waals surface area contributed by atoms with Gasteiger partial charge in [0.15, 0.2) is 11.6 Å². The number of nitrogens with one attached hydrogen (secondary N) is 2. The summed E-state index contributed by atoms with van der Waals surface area (Å²) in [5.41, 5.74) is 2.01. The van der Waals surface area contributed by atoms with Gasteiger partial charge in [0.2, 0.25) is 11.8 Å². The fourth-order valence-electron chi connectivity index (χ4n) is 5.89. The third kappa shape index (κ3) is 4.17. The Balaban J connectivity index is 1.30. The summed E-state index contributed by atoms with van der Waals surface area (Å²) in [6, 6.07) is 4.53. The maximum atomic E-state index is 13.0. The Hall–Kier alpha value is -3.29. The number of carbonyl (C=O) groups is 5. The van der Waals surface area contributed by atoms with Gasteiger partial charge in [-0.25, -0.2) is 0 Å². The smallest absolute Gasteiger partial charge is 0.255 e. The van der Waals surface area contributed by atoms with Crippen molar-refractivity contribution in [2.24, 2.45) is 11.8 Å². The second-order valence-corrected chi connectivity index (χ2v) is 9.85. The standard InChI is InChI=1S/C26H29N3O5/c30-22-11-16(15-5-2-1-3-6-15)12-23(31)18(22)13-27-20-8-4-7-17-19(20)14-29(26(17)34)21-9-10-24(32)28-25(21)33/h4,7-8,13,15-16,21,27H,1-3,5-6,9-12,14H2,(H,28,32,33). The molecule has 0 bridgehead atoms. The van der Waals surface area contributed by atoms with Crippen LogP contribution in [0.3, 0.4) is 0 Å². The van der Waals surface area contributed by atoms with Crippen molar-refractivity contribution in [2.75, 3.05) is 5.32 Å². The third-order valence-corrected chi connectivity index (χ3v) is 7.77. The largest absolute Gasteiger partial charge is 0.361 e. The van der Waals surface area contributed by atoms with Crippen LogP contribution in [0.4, 0.5) is 5.69 Å². The van der Waals surface area contributed by atoms with Crippen LogP contribution in [0.5, 0.6) is 0 Å². The molecule has 2 heterocycles. The molecule has 1 saturated heterocycles. The van der Waals surface area contributed by atoms with E-state index in [0.717, 1.165) is 12.8 Å². The van der Waals surface area contributed by atoms with Crippen LogP contribution in [0, 0.1) is 11.8 Å². The van der Waals surface area contributed by atoms with E-state index in [9.17, 15) is 24.0 Å². The van der Waals surface area contributed by atoms with Gasteiger partial charge in [0.05, 0.1) is 5.57 Å². The number of Topliss-reactive ketones (excluding diaryl/α,β-unsaturated/α-hetero) is 2. The maximum absolute atomic E-state index is 13.0. The lowest BCUT2D eigenvalue weighted by atomic mass is 9.71. The van der Waals surface area contributed by atoms with Gasteiger partial charge < -0.3 is 10.2 Å². The Morgan fingerprint density at radius 2 is 1.65 bits per heavy atom. The molecule has 1 atom stereocenters. The normalized spacial score (nSPS) is 25.9. The number of piperidine rings is 1. The quantitative estimate of drug-likeness (QED) is 0.403. The number of fused-ring (bicyclic) bond motifs is 1. The van der Waals surface area contributed by atoms with Crippen molar-refractivity contribution in [2.45, 2.75) is 70.4 Å². The monoisotopic (exact) mass is 463 g/mol. The van der Waals surface area contributed by atoms with E-state index < -0.39 is 11.9 Å². The van der Waals surface area contributed by atoms with Crippen LogP contribution in [0.15, 0.2) is 30.0 Å². The molecule has 8 heteroatoms. The Kier molecular flexibility index (Phi) is 6.06. The minimum absolute atomic E-state index is 0.117. The van der Waals surface area contributed by atoms with Crippen molar-refractivity contribution >= 4 is 35.0 Å². The minimum Gasteiger partial charge on any atom is -0.361 e. The number of nitrogens with zero attached hydrogens (tertiary/aromatic N) is 1. The summed E-state index contributed by atoms with van der Waals surface area (Å²) in [5, 5.41) is 5.40. The molecular formula is C26H29N3O5. The topological polar surface area (TPSA) is 113 Å².